The van der Waals surface area contributed by atoms with Crippen molar-refractivity contribution in [2.75, 3.05) is 11.9 Å². The summed E-state index contributed by atoms with van der Waals surface area (Å²) in [4.78, 5) is 2.39. The molecule has 0 aromatic heterocycles. The molecule has 1 heterocycles. The van der Waals surface area contributed by atoms with Gasteiger partial charge in [-0.3, -0.25) is 0 Å². The van der Waals surface area contributed by atoms with E-state index in [-0.39, 0.29) is 10.8 Å². The molecule has 1 aliphatic heterocycles. The summed E-state index contributed by atoms with van der Waals surface area (Å²) in [6.07, 6.45) is 0. The zero-order chi connectivity index (χ0) is 37.9. The Labute approximate surface area is 329 Å². The number of hydrogen-bond donors (Lipinski definition) is 0. The number of hydrogen-bond acceptors (Lipinski definition) is 1. The van der Waals surface area contributed by atoms with Crippen molar-refractivity contribution in [3.8, 4) is 44.5 Å². The van der Waals surface area contributed by atoms with Crippen LogP contribution in [-0.4, -0.2) is 7.05 Å². The van der Waals surface area contributed by atoms with E-state index < -0.39 is 0 Å². The van der Waals surface area contributed by atoms with Crippen LogP contribution in [-0.2, 0) is 10.8 Å². The van der Waals surface area contributed by atoms with E-state index in [0.717, 1.165) is 0 Å². The Morgan fingerprint density at radius 2 is 0.911 bits per heavy atom. The monoisotopic (exact) mass is 717 g/mol. The minimum Gasteiger partial charge on any atom is -0.344 e. The van der Waals surface area contributed by atoms with Crippen LogP contribution in [0.3, 0.4) is 0 Å². The number of fused-ring (bicyclic) bond motifs is 8. The van der Waals surface area contributed by atoms with Gasteiger partial charge in [0.25, 0.3) is 0 Å². The summed E-state index contributed by atoms with van der Waals surface area (Å²) in [5.41, 5.74) is 18.1. The SMILES string of the molecule is CN1c2ccccc2C(C)(C)c2ccc(-c3c4ccccc4c(-c4cccc5c4-c4ccccc4C5(C)C)c4cc(-c5ccc6ccccc6c5)ccc34)cc21. The van der Waals surface area contributed by atoms with Gasteiger partial charge in [0.05, 0.1) is 0 Å². The molecule has 56 heavy (non-hydrogen) atoms. The fourth-order valence-electron chi connectivity index (χ4n) is 10.4. The Kier molecular flexibility index (Phi) is 6.93. The molecular formula is C55H43N. The van der Waals surface area contributed by atoms with Gasteiger partial charge in [-0.2, -0.15) is 0 Å². The maximum absolute atomic E-state index is 2.47. The first-order chi connectivity index (χ1) is 27.2. The quantitative estimate of drug-likeness (QED) is 0.165. The van der Waals surface area contributed by atoms with E-state index in [1.165, 1.54) is 110 Å². The summed E-state index contributed by atoms with van der Waals surface area (Å²) < 4.78 is 0. The van der Waals surface area contributed by atoms with Gasteiger partial charge in [0.1, 0.15) is 0 Å². The summed E-state index contributed by atoms with van der Waals surface area (Å²) >= 11 is 0. The van der Waals surface area contributed by atoms with Gasteiger partial charge in [-0.25, -0.2) is 0 Å². The first-order valence-corrected chi connectivity index (χ1v) is 19.9. The maximum atomic E-state index is 2.47. The van der Waals surface area contributed by atoms with Gasteiger partial charge in [0.15, 0.2) is 0 Å². The van der Waals surface area contributed by atoms with E-state index in [4.69, 9.17) is 0 Å². The Morgan fingerprint density at radius 3 is 1.75 bits per heavy atom. The highest BCUT2D eigenvalue weighted by molar-refractivity contribution is 6.23. The van der Waals surface area contributed by atoms with Crippen LogP contribution in [0.1, 0.15) is 49.9 Å². The summed E-state index contributed by atoms with van der Waals surface area (Å²) in [6.45, 7) is 9.49. The molecule has 0 N–H and O–H groups in total. The van der Waals surface area contributed by atoms with Gasteiger partial charge in [0, 0.05) is 29.3 Å². The summed E-state index contributed by atoms with van der Waals surface area (Å²) in [5, 5.41) is 7.61. The molecule has 9 aromatic carbocycles. The first kappa shape index (κ1) is 32.9. The molecule has 0 amide bonds. The van der Waals surface area contributed by atoms with Crippen molar-refractivity contribution in [3.05, 3.63) is 192 Å². The molecule has 0 saturated heterocycles. The second-order valence-electron chi connectivity index (χ2n) is 16.9. The number of benzene rings is 9. The van der Waals surface area contributed by atoms with Crippen LogP contribution in [0.2, 0.25) is 0 Å². The van der Waals surface area contributed by atoms with Gasteiger partial charge in [-0.15, -0.1) is 0 Å². The van der Waals surface area contributed by atoms with Crippen molar-refractivity contribution in [2.24, 2.45) is 0 Å². The van der Waals surface area contributed by atoms with Gasteiger partial charge >= 0.3 is 0 Å². The van der Waals surface area contributed by atoms with Gasteiger partial charge in [-0.1, -0.05) is 173 Å². The minimum absolute atomic E-state index is 0.0920. The van der Waals surface area contributed by atoms with Crippen LogP contribution in [0.25, 0.3) is 76.8 Å². The number of nitrogens with zero attached hydrogens (tertiary/aromatic N) is 1. The van der Waals surface area contributed by atoms with E-state index in [0.29, 0.717) is 0 Å². The van der Waals surface area contributed by atoms with Crippen molar-refractivity contribution in [2.45, 2.75) is 38.5 Å². The zero-order valence-electron chi connectivity index (χ0n) is 32.6. The second-order valence-corrected chi connectivity index (χ2v) is 16.9. The molecule has 1 nitrogen and oxygen atoms in total. The summed E-state index contributed by atoms with van der Waals surface area (Å²) in [6, 6.07) is 64.0. The van der Waals surface area contributed by atoms with Gasteiger partial charge < -0.3 is 4.90 Å². The fourth-order valence-corrected chi connectivity index (χ4v) is 10.4. The molecule has 9 aromatic rings. The molecule has 0 radical (unpaired) electrons. The van der Waals surface area contributed by atoms with E-state index in [2.05, 4.69) is 210 Å². The second kappa shape index (κ2) is 11.8. The third-order valence-corrected chi connectivity index (χ3v) is 13.2. The summed E-state index contributed by atoms with van der Waals surface area (Å²) in [5.74, 6) is 0. The molecule has 1 aliphatic carbocycles. The highest BCUT2D eigenvalue weighted by Crippen LogP contribution is 2.55. The topological polar surface area (TPSA) is 3.24 Å². The average Bonchev–Trinajstić information content (AvgIpc) is 3.47. The fraction of sp³-hybridized carbons (Fsp3) is 0.127. The van der Waals surface area contributed by atoms with Gasteiger partial charge in [0.2, 0.25) is 0 Å². The Hall–Kier alpha value is -6.44. The molecule has 2 aliphatic rings. The van der Waals surface area contributed by atoms with E-state index in [9.17, 15) is 0 Å². The molecule has 0 unspecified atom stereocenters. The van der Waals surface area contributed by atoms with Crippen LogP contribution in [0.5, 0.6) is 0 Å². The van der Waals surface area contributed by atoms with Crippen LogP contribution in [0, 0.1) is 0 Å². The van der Waals surface area contributed by atoms with Crippen LogP contribution < -0.4 is 4.90 Å². The van der Waals surface area contributed by atoms with Crippen molar-refractivity contribution >= 4 is 43.7 Å². The molecule has 0 spiro atoms. The van der Waals surface area contributed by atoms with E-state index in [1.54, 1.807) is 0 Å². The molecule has 0 fully saturated rings. The number of para-hydroxylation sites is 1. The molecule has 0 atom stereocenters. The normalized spacial score (nSPS) is 14.8. The third-order valence-electron chi connectivity index (χ3n) is 13.2. The lowest BCUT2D eigenvalue weighted by molar-refractivity contribution is 0.629. The molecular weight excluding hydrogens is 675 g/mol. The predicted octanol–water partition coefficient (Wildman–Crippen LogP) is 14.9. The molecule has 0 bridgehead atoms. The van der Waals surface area contributed by atoms with Crippen molar-refractivity contribution in [3.63, 3.8) is 0 Å². The Morgan fingerprint density at radius 1 is 0.339 bits per heavy atom. The Balaban J connectivity index is 1.24. The lowest BCUT2D eigenvalue weighted by Gasteiger charge is -2.40. The van der Waals surface area contributed by atoms with Gasteiger partial charge in [-0.05, 0) is 123 Å². The first-order valence-electron chi connectivity index (χ1n) is 19.9. The molecule has 1 heteroatoms. The molecule has 11 rings (SSSR count). The molecule has 0 saturated carbocycles. The highest BCUT2D eigenvalue weighted by Gasteiger charge is 2.38. The smallest absolute Gasteiger partial charge is 0.0455 e. The predicted molar refractivity (Wildman–Crippen MR) is 239 cm³/mol. The van der Waals surface area contributed by atoms with Crippen LogP contribution in [0.15, 0.2) is 170 Å². The largest absolute Gasteiger partial charge is 0.344 e. The highest BCUT2D eigenvalue weighted by atomic mass is 15.1. The standard InChI is InChI=1S/C55H43N/c1-54(2)45-21-11-10-19-42(45)53-43(20-14-23-48(53)54)52-40-18-9-8-17-39(40)51(38-28-30-47-50(33-38)56(5)49-24-13-12-22-46(49)55(47,3)4)41-29-27-37(32-44(41)52)36-26-25-34-15-6-7-16-35(34)31-36/h6-33H,1-5H3. The van der Waals surface area contributed by atoms with Crippen LogP contribution >= 0.6 is 0 Å². The van der Waals surface area contributed by atoms with E-state index in [1.807, 2.05) is 0 Å². The maximum Gasteiger partial charge on any atom is 0.0455 e. The van der Waals surface area contributed by atoms with Crippen LogP contribution in [0.4, 0.5) is 11.4 Å². The lowest BCUT2D eigenvalue weighted by atomic mass is 9.73. The number of anilines is 2. The van der Waals surface area contributed by atoms with E-state index >= 15 is 0 Å². The minimum atomic E-state index is -0.114. The Bertz CT molecular complexity index is 3100. The van der Waals surface area contributed by atoms with Crippen molar-refractivity contribution in [1.82, 2.24) is 0 Å². The number of rotatable bonds is 3. The summed E-state index contributed by atoms with van der Waals surface area (Å²) in [7, 11) is 2.22. The van der Waals surface area contributed by atoms with Crippen molar-refractivity contribution < 1.29 is 0 Å². The third kappa shape index (κ3) is 4.55. The molecule has 268 valence electrons. The lowest BCUT2D eigenvalue weighted by Crippen LogP contribution is -2.30. The van der Waals surface area contributed by atoms with Crippen molar-refractivity contribution in [1.29, 1.82) is 0 Å². The zero-order valence-corrected chi connectivity index (χ0v) is 32.6. The average molecular weight is 718 g/mol.